The molecule has 0 amide bonds. The largest absolute Gasteiger partial charge is 0.400 e. The Kier molecular flexibility index (Phi) is 59.6. The number of alkyl halides is 21. The molecule has 0 saturated carbocycles. The highest BCUT2D eigenvalue weighted by Gasteiger charge is 2.55. The van der Waals surface area contributed by atoms with Crippen LogP contribution in [0.15, 0.2) is 0 Å². The van der Waals surface area contributed by atoms with Crippen LogP contribution >= 0.6 is 0 Å². The molecule has 0 aliphatic carbocycles. The number of unbranched alkanes of at least 4 members (excludes halogenated alkanes) is 5. The minimum atomic E-state index is -5.17. The topological polar surface area (TPSA) is 0 Å². The van der Waals surface area contributed by atoms with E-state index in [0.717, 1.165) is 43.9 Å². The third kappa shape index (κ3) is 98.0. The van der Waals surface area contributed by atoms with E-state index in [1.807, 2.05) is 13.8 Å². The first kappa shape index (κ1) is 93.8. The first-order chi connectivity index (χ1) is 33.5. The fourth-order valence-corrected chi connectivity index (χ4v) is 3.56. The van der Waals surface area contributed by atoms with Gasteiger partial charge in [-0.1, -0.05) is 216 Å². The predicted octanol–water partition coefficient (Wildman–Crippen LogP) is 26.3. The van der Waals surface area contributed by atoms with Crippen molar-refractivity contribution in [1.29, 1.82) is 0 Å². The Morgan fingerprint density at radius 3 is 0.684 bits per heavy atom. The highest BCUT2D eigenvalue weighted by atomic mass is 19.4. The van der Waals surface area contributed by atoms with Crippen molar-refractivity contribution in [3.05, 3.63) is 0 Å². The fourth-order valence-electron chi connectivity index (χ4n) is 3.56. The van der Waals surface area contributed by atoms with Gasteiger partial charge in [0.25, 0.3) is 0 Å². The zero-order chi connectivity index (χ0) is 63.4. The standard InChI is InChI=1S/C7H13F3.2C6H8F6.2C6H11F3.4C6H14/c1-2-3-4-5-6-7(8,9)10;1-4(6(10,11)12)2-3-5(7,8)9;1-2-3-4(5(7,8)9)6(10,11)12;1-3-4-5(2)6(7,8)9;1-2-3-4-5-6(7,8)9;2*1-5-6(2,3)4;1-5(2)6(3)4;1-4-6(3)5-2/h2-6H2,1H3;2*4H,2-3H2,1H3;5H,3-4H2,1-2H3;2-5H2,1H3;2*5H2,1-4H3;5-6H,1-4H3;6H,4-5H2,1-3H3/t;4-;;5-;;;;;/m.0.0...../s1. The van der Waals surface area contributed by atoms with Crippen LogP contribution in [0.4, 0.5) is 92.2 Å². The highest BCUT2D eigenvalue weighted by molar-refractivity contribution is 4.74. The molecular formula is C55H107F21. The van der Waals surface area contributed by atoms with Crippen molar-refractivity contribution in [2.75, 3.05) is 0 Å². The molecular weight excluding hydrogens is 1060 g/mol. The molecule has 0 aliphatic heterocycles. The van der Waals surface area contributed by atoms with E-state index in [-0.39, 0.29) is 25.7 Å². The summed E-state index contributed by atoms with van der Waals surface area (Å²) in [6, 6.07) is 0. The molecule has 0 saturated heterocycles. The Morgan fingerprint density at radius 2 is 0.539 bits per heavy atom. The predicted molar refractivity (Wildman–Crippen MR) is 275 cm³/mol. The van der Waals surface area contributed by atoms with Gasteiger partial charge in [-0.25, -0.2) is 0 Å². The second kappa shape index (κ2) is 48.3. The summed E-state index contributed by atoms with van der Waals surface area (Å²) < 4.78 is 243. The Hall–Kier alpha value is -1.47. The molecule has 0 aromatic rings. The second-order valence-electron chi connectivity index (χ2n) is 22.0. The van der Waals surface area contributed by atoms with Crippen molar-refractivity contribution >= 4 is 0 Å². The molecule has 21 heteroatoms. The number of hydrogen-bond acceptors (Lipinski definition) is 0. The Morgan fingerprint density at radius 1 is 0.289 bits per heavy atom. The van der Waals surface area contributed by atoms with E-state index < -0.39 is 93.1 Å². The molecule has 0 heterocycles. The second-order valence-corrected chi connectivity index (χ2v) is 22.0. The maximum Gasteiger partial charge on any atom is 0.400 e. The molecule has 0 aliphatic rings. The summed E-state index contributed by atoms with van der Waals surface area (Å²) >= 11 is 0. The molecule has 2 atom stereocenters. The summed E-state index contributed by atoms with van der Waals surface area (Å²) in [5, 5.41) is 0. The third-order valence-corrected chi connectivity index (χ3v) is 11.3. The first-order valence-corrected chi connectivity index (χ1v) is 27.0. The van der Waals surface area contributed by atoms with Crippen LogP contribution in [-0.2, 0) is 0 Å². The Bertz CT molecular complexity index is 1120. The van der Waals surface area contributed by atoms with Gasteiger partial charge in [0.1, 0.15) is 0 Å². The summed E-state index contributed by atoms with van der Waals surface area (Å²) in [7, 11) is 0. The van der Waals surface area contributed by atoms with E-state index in [1.165, 1.54) is 39.5 Å². The Balaban J connectivity index is -0.0000000962. The average molecular weight is 1170 g/mol. The smallest absolute Gasteiger partial charge is 0.171 e. The van der Waals surface area contributed by atoms with Gasteiger partial charge in [-0.2, -0.15) is 92.2 Å². The molecule has 0 aromatic carbocycles. The minimum Gasteiger partial charge on any atom is -0.171 e. The minimum absolute atomic E-state index is 0.135. The summed E-state index contributed by atoms with van der Waals surface area (Å²) in [6.45, 7) is 42.4. The fraction of sp³-hybridized carbons (Fsp3) is 1.00. The van der Waals surface area contributed by atoms with Crippen molar-refractivity contribution in [3.63, 3.8) is 0 Å². The zero-order valence-electron chi connectivity index (χ0n) is 50.3. The van der Waals surface area contributed by atoms with E-state index in [2.05, 4.69) is 104 Å². The van der Waals surface area contributed by atoms with Crippen LogP contribution in [0.5, 0.6) is 0 Å². The van der Waals surface area contributed by atoms with Crippen molar-refractivity contribution in [1.82, 2.24) is 0 Å². The van der Waals surface area contributed by atoms with Gasteiger partial charge in [-0.05, 0) is 60.7 Å². The molecule has 0 aromatic heterocycles. The maximum absolute atomic E-state index is 11.7. The van der Waals surface area contributed by atoms with E-state index in [9.17, 15) is 92.2 Å². The lowest BCUT2D eigenvalue weighted by atomic mass is 9.94. The molecule has 0 rings (SSSR count). The van der Waals surface area contributed by atoms with Crippen molar-refractivity contribution in [3.8, 4) is 0 Å². The molecule has 0 nitrogen and oxygen atoms in total. The number of rotatable bonds is 16. The summed E-state index contributed by atoms with van der Waals surface area (Å²) in [5.74, 6) is -3.56. The van der Waals surface area contributed by atoms with E-state index in [1.54, 1.807) is 6.92 Å². The van der Waals surface area contributed by atoms with Crippen LogP contribution < -0.4 is 0 Å². The SMILES string of the molecule is CC(C)C(C)C.CCC(C)(C)C.CCC(C)(C)C.CCC(C)CC.CCCC(C(F)(F)F)C(F)(F)F.CCCCCC(F)(F)F.CCCCCCC(F)(F)F.CCC[C@H](C)C(F)(F)F.C[C@@H](CCC(F)(F)F)C(F)(F)F. The van der Waals surface area contributed by atoms with Gasteiger partial charge in [-0.3, -0.25) is 0 Å². The quantitative estimate of drug-likeness (QED) is 0.107. The van der Waals surface area contributed by atoms with Gasteiger partial charge in [0.05, 0.1) is 11.8 Å². The van der Waals surface area contributed by atoms with Crippen molar-refractivity contribution < 1.29 is 92.2 Å². The van der Waals surface area contributed by atoms with Gasteiger partial charge < -0.3 is 0 Å². The maximum atomic E-state index is 11.7. The van der Waals surface area contributed by atoms with E-state index in [4.69, 9.17) is 0 Å². The van der Waals surface area contributed by atoms with E-state index in [0.29, 0.717) is 30.1 Å². The van der Waals surface area contributed by atoms with Crippen LogP contribution in [0.1, 0.15) is 267 Å². The molecule has 0 unspecified atom stereocenters. The van der Waals surface area contributed by atoms with Crippen LogP contribution in [0.3, 0.4) is 0 Å². The highest BCUT2D eigenvalue weighted by Crippen LogP contribution is 2.42. The van der Waals surface area contributed by atoms with Gasteiger partial charge in [0.2, 0.25) is 0 Å². The lowest BCUT2D eigenvalue weighted by Crippen LogP contribution is -2.36. The van der Waals surface area contributed by atoms with Crippen LogP contribution in [0.2, 0.25) is 0 Å². The van der Waals surface area contributed by atoms with Gasteiger partial charge in [0, 0.05) is 19.3 Å². The zero-order valence-corrected chi connectivity index (χ0v) is 50.3. The number of halogens is 21. The van der Waals surface area contributed by atoms with Gasteiger partial charge in [0.15, 0.2) is 5.92 Å². The lowest BCUT2D eigenvalue weighted by molar-refractivity contribution is -0.285. The number of hydrogen-bond donors (Lipinski definition) is 0. The van der Waals surface area contributed by atoms with Crippen molar-refractivity contribution in [2.24, 2.45) is 46.3 Å². The van der Waals surface area contributed by atoms with Crippen LogP contribution in [0.25, 0.3) is 0 Å². The molecule has 0 spiro atoms. The van der Waals surface area contributed by atoms with Gasteiger partial charge in [-0.15, -0.1) is 0 Å². The summed E-state index contributed by atoms with van der Waals surface area (Å²) in [4.78, 5) is 0. The molecule has 76 heavy (non-hydrogen) atoms. The molecule has 474 valence electrons. The van der Waals surface area contributed by atoms with E-state index >= 15 is 0 Å². The van der Waals surface area contributed by atoms with Crippen LogP contribution in [0, 0.1) is 46.3 Å². The third-order valence-electron chi connectivity index (χ3n) is 11.3. The summed E-state index contributed by atoms with van der Waals surface area (Å²) in [5.41, 5.74) is 1.08. The Labute approximate surface area is 448 Å². The monoisotopic (exact) mass is 1170 g/mol. The van der Waals surface area contributed by atoms with Crippen LogP contribution in [-0.4, -0.2) is 43.2 Å². The molecule has 0 bridgehead atoms. The van der Waals surface area contributed by atoms with Crippen molar-refractivity contribution in [2.45, 2.75) is 311 Å². The first-order valence-electron chi connectivity index (χ1n) is 27.0. The van der Waals surface area contributed by atoms with Gasteiger partial charge >= 0.3 is 43.2 Å². The normalized spacial score (nSPS) is 13.2. The lowest BCUT2D eigenvalue weighted by Gasteiger charge is -2.21. The molecule has 0 fully saturated rings. The molecule has 0 N–H and O–H groups in total. The average Bonchev–Trinajstić information content (AvgIpc) is 3.22. The summed E-state index contributed by atoms with van der Waals surface area (Å²) in [6.07, 6.45) is -25.1. The molecule has 0 radical (unpaired) electrons.